The Balaban J connectivity index is 1.46. The van der Waals surface area contributed by atoms with Gasteiger partial charge in [0.2, 0.25) is 0 Å². The first-order valence-corrected chi connectivity index (χ1v) is 9.21. The maximum absolute atomic E-state index is 12.1. The number of hydrogen-bond acceptors (Lipinski definition) is 6. The van der Waals surface area contributed by atoms with Gasteiger partial charge in [-0.3, -0.25) is 15.6 Å². The van der Waals surface area contributed by atoms with E-state index < -0.39 is 0 Å². The predicted octanol–water partition coefficient (Wildman–Crippen LogP) is 2.24. The van der Waals surface area contributed by atoms with Gasteiger partial charge in [0.15, 0.2) is 0 Å². The number of rotatable bonds is 8. The lowest BCUT2D eigenvalue weighted by Crippen LogP contribution is -2.39. The van der Waals surface area contributed by atoms with Crippen molar-refractivity contribution >= 4 is 23.0 Å². The third kappa shape index (κ3) is 5.17. The van der Waals surface area contributed by atoms with Crippen molar-refractivity contribution in [3.8, 4) is 5.75 Å². The fourth-order valence-corrected chi connectivity index (χ4v) is 2.92. The first kappa shape index (κ1) is 19.6. The van der Waals surface area contributed by atoms with Crippen molar-refractivity contribution in [2.45, 2.75) is 0 Å². The molecule has 28 heavy (non-hydrogen) atoms. The van der Waals surface area contributed by atoms with Crippen LogP contribution >= 0.6 is 0 Å². The second kappa shape index (κ2) is 9.66. The molecule has 7 heteroatoms. The van der Waals surface area contributed by atoms with Gasteiger partial charge in [-0.2, -0.15) is 0 Å². The van der Waals surface area contributed by atoms with Gasteiger partial charge in [-0.1, -0.05) is 30.8 Å². The van der Waals surface area contributed by atoms with Crippen LogP contribution in [-0.4, -0.2) is 45.9 Å². The van der Waals surface area contributed by atoms with Crippen LogP contribution in [0.5, 0.6) is 5.75 Å². The molecule has 0 bridgehead atoms. The Morgan fingerprint density at radius 1 is 1.11 bits per heavy atom. The average Bonchev–Trinajstić information content (AvgIpc) is 2.77. The minimum absolute atomic E-state index is 0.108. The van der Waals surface area contributed by atoms with Gasteiger partial charge in [-0.25, -0.2) is 0 Å². The molecule has 3 N–H and O–H groups in total. The van der Waals surface area contributed by atoms with Crippen LogP contribution in [0.2, 0.25) is 0 Å². The Kier molecular flexibility index (Phi) is 6.75. The normalized spacial score (nSPS) is 13.5. The summed E-state index contributed by atoms with van der Waals surface area (Å²) in [5, 5.41) is 3.05. The zero-order valence-corrected chi connectivity index (χ0v) is 16.0. The average molecular weight is 382 g/mol. The van der Waals surface area contributed by atoms with Gasteiger partial charge in [0.05, 0.1) is 38.3 Å². The number of carbonyl (C=O) groups is 1. The zero-order chi connectivity index (χ0) is 19.8. The molecule has 1 saturated heterocycles. The summed E-state index contributed by atoms with van der Waals surface area (Å²) in [7, 11) is 1.59. The Hall–Kier alpha value is -3.19. The van der Waals surface area contributed by atoms with Crippen molar-refractivity contribution < 1.29 is 14.3 Å². The molecule has 1 aliphatic rings. The maximum atomic E-state index is 12.1. The van der Waals surface area contributed by atoms with E-state index in [9.17, 15) is 4.79 Å². The van der Waals surface area contributed by atoms with E-state index in [4.69, 9.17) is 9.47 Å². The highest BCUT2D eigenvalue weighted by molar-refractivity contribution is 5.82. The minimum atomic E-state index is -0.211. The van der Waals surface area contributed by atoms with E-state index in [0.29, 0.717) is 11.4 Å². The molecule has 1 heterocycles. The van der Waals surface area contributed by atoms with Crippen LogP contribution in [0.3, 0.4) is 0 Å². The van der Waals surface area contributed by atoms with E-state index in [1.165, 1.54) is 0 Å². The number of anilines is 2. The molecule has 0 unspecified atom stereocenters. The van der Waals surface area contributed by atoms with Crippen molar-refractivity contribution in [1.29, 1.82) is 0 Å². The lowest BCUT2D eigenvalue weighted by atomic mass is 10.1. The van der Waals surface area contributed by atoms with Gasteiger partial charge in [0, 0.05) is 18.8 Å². The Bertz CT molecular complexity index is 802. The predicted molar refractivity (Wildman–Crippen MR) is 111 cm³/mol. The third-order valence-corrected chi connectivity index (χ3v) is 4.49. The van der Waals surface area contributed by atoms with Crippen molar-refractivity contribution in [3.05, 3.63) is 60.7 Å². The monoisotopic (exact) mass is 382 g/mol. The van der Waals surface area contributed by atoms with Crippen LogP contribution in [0.1, 0.15) is 5.56 Å². The first-order chi connectivity index (χ1) is 13.7. The number of benzene rings is 2. The molecular formula is C21H26N4O3. The summed E-state index contributed by atoms with van der Waals surface area (Å²) < 4.78 is 10.6. The summed E-state index contributed by atoms with van der Waals surface area (Å²) in [4.78, 5) is 14.4. The standard InChI is InChI=1S/C21H26N4O3/c1-16(17-7-9-18(10-8-17)25-11-13-28-14-12-25)23-24-21(26)15-22-19-5-3-4-6-20(19)27-2/h3-10,22-23H,1,11-15H2,2H3,(H,24,26). The largest absolute Gasteiger partial charge is 0.495 e. The molecule has 0 saturated carbocycles. The van der Waals surface area contributed by atoms with Crippen LogP contribution < -0.4 is 25.8 Å². The van der Waals surface area contributed by atoms with Crippen molar-refractivity contribution in [2.75, 3.05) is 50.2 Å². The first-order valence-electron chi connectivity index (χ1n) is 9.21. The summed E-state index contributed by atoms with van der Waals surface area (Å²) in [5.74, 6) is 0.477. The van der Waals surface area contributed by atoms with E-state index in [0.717, 1.165) is 43.2 Å². The van der Waals surface area contributed by atoms with E-state index in [2.05, 4.69) is 39.8 Å². The molecule has 0 spiro atoms. The molecule has 7 nitrogen and oxygen atoms in total. The molecule has 2 aromatic rings. The van der Waals surface area contributed by atoms with E-state index in [1.807, 2.05) is 36.4 Å². The van der Waals surface area contributed by atoms with Crippen LogP contribution in [0.4, 0.5) is 11.4 Å². The van der Waals surface area contributed by atoms with Gasteiger partial charge in [0.1, 0.15) is 5.75 Å². The van der Waals surface area contributed by atoms with Gasteiger partial charge in [-0.15, -0.1) is 0 Å². The minimum Gasteiger partial charge on any atom is -0.495 e. The quantitative estimate of drug-likeness (QED) is 0.608. The van der Waals surface area contributed by atoms with E-state index in [1.54, 1.807) is 7.11 Å². The number of amides is 1. The maximum Gasteiger partial charge on any atom is 0.257 e. The number of morpholine rings is 1. The SMILES string of the molecule is C=C(NNC(=O)CNc1ccccc1OC)c1ccc(N2CCOCC2)cc1. The lowest BCUT2D eigenvalue weighted by Gasteiger charge is -2.29. The molecule has 1 fully saturated rings. The molecule has 0 aliphatic carbocycles. The van der Waals surface area contributed by atoms with Crippen molar-refractivity contribution in [1.82, 2.24) is 10.9 Å². The lowest BCUT2D eigenvalue weighted by molar-refractivity contribution is -0.120. The van der Waals surface area contributed by atoms with Crippen LogP contribution in [0, 0.1) is 0 Å². The number of hydrogen-bond donors (Lipinski definition) is 3. The number of hydrazine groups is 1. The summed E-state index contributed by atoms with van der Waals surface area (Å²) in [6.07, 6.45) is 0. The molecule has 1 amide bonds. The fourth-order valence-electron chi connectivity index (χ4n) is 2.92. The van der Waals surface area contributed by atoms with Gasteiger partial charge in [0.25, 0.3) is 5.91 Å². The summed E-state index contributed by atoms with van der Waals surface area (Å²) in [6, 6.07) is 15.5. The molecule has 2 aromatic carbocycles. The molecule has 1 aliphatic heterocycles. The van der Waals surface area contributed by atoms with Gasteiger partial charge in [-0.05, 0) is 29.8 Å². The highest BCUT2D eigenvalue weighted by Crippen LogP contribution is 2.22. The van der Waals surface area contributed by atoms with Gasteiger partial charge < -0.3 is 19.7 Å². The highest BCUT2D eigenvalue weighted by Gasteiger charge is 2.11. The highest BCUT2D eigenvalue weighted by atomic mass is 16.5. The third-order valence-electron chi connectivity index (χ3n) is 4.49. The zero-order valence-electron chi connectivity index (χ0n) is 16.0. The molecule has 0 radical (unpaired) electrons. The van der Waals surface area contributed by atoms with E-state index in [-0.39, 0.29) is 12.5 Å². The molecule has 3 rings (SSSR count). The molecule has 0 atom stereocenters. The Morgan fingerprint density at radius 2 is 1.82 bits per heavy atom. The van der Waals surface area contributed by atoms with Crippen LogP contribution in [0.25, 0.3) is 5.70 Å². The molecular weight excluding hydrogens is 356 g/mol. The number of methoxy groups -OCH3 is 1. The second-order valence-electron chi connectivity index (χ2n) is 6.35. The van der Waals surface area contributed by atoms with Crippen LogP contribution in [0.15, 0.2) is 55.1 Å². The summed E-state index contributed by atoms with van der Waals surface area (Å²) in [6.45, 7) is 7.40. The Morgan fingerprint density at radius 3 is 2.54 bits per heavy atom. The summed E-state index contributed by atoms with van der Waals surface area (Å²) in [5.41, 5.74) is 8.97. The number of para-hydroxylation sites is 2. The fraction of sp³-hybridized carbons (Fsp3) is 0.286. The topological polar surface area (TPSA) is 74.9 Å². The second-order valence-corrected chi connectivity index (χ2v) is 6.35. The number of nitrogens with one attached hydrogen (secondary N) is 3. The summed E-state index contributed by atoms with van der Waals surface area (Å²) >= 11 is 0. The van der Waals surface area contributed by atoms with Crippen molar-refractivity contribution in [3.63, 3.8) is 0 Å². The number of ether oxygens (including phenoxy) is 2. The van der Waals surface area contributed by atoms with E-state index >= 15 is 0 Å². The smallest absolute Gasteiger partial charge is 0.257 e. The van der Waals surface area contributed by atoms with Crippen LogP contribution in [-0.2, 0) is 9.53 Å². The van der Waals surface area contributed by atoms with Gasteiger partial charge >= 0.3 is 0 Å². The molecule has 148 valence electrons. The molecule has 0 aromatic heterocycles. The number of nitrogens with zero attached hydrogens (tertiary/aromatic N) is 1. The van der Waals surface area contributed by atoms with Crippen molar-refractivity contribution in [2.24, 2.45) is 0 Å². The Labute approximate surface area is 165 Å². The number of carbonyl (C=O) groups excluding carboxylic acids is 1.